The normalized spacial score (nSPS) is 12.3. The van der Waals surface area contributed by atoms with Crippen LogP contribution < -0.4 is 5.32 Å². The monoisotopic (exact) mass is 285 g/mol. The molecule has 0 unspecified atom stereocenters. The van der Waals surface area contributed by atoms with Gasteiger partial charge in [-0.1, -0.05) is 41.4 Å². The lowest BCUT2D eigenvalue weighted by atomic mass is 10.1. The third-order valence-electron chi connectivity index (χ3n) is 2.47. The molecule has 0 aliphatic rings. The third kappa shape index (κ3) is 6.44. The molecule has 0 fully saturated rings. The van der Waals surface area contributed by atoms with Crippen molar-refractivity contribution in [1.29, 1.82) is 0 Å². The van der Waals surface area contributed by atoms with Crippen LogP contribution in [0.2, 0.25) is 10.0 Å². The molecule has 0 spiro atoms. The van der Waals surface area contributed by atoms with Gasteiger partial charge in [0.2, 0.25) is 0 Å². The molecule has 1 N–H and O–H groups in total. The Bertz CT molecular complexity index is 405. The van der Waals surface area contributed by atoms with E-state index in [-0.39, 0.29) is 5.54 Å². The molecule has 100 valence electrons. The summed E-state index contributed by atoms with van der Waals surface area (Å²) in [7, 11) is 0. The van der Waals surface area contributed by atoms with E-state index in [1.807, 2.05) is 18.2 Å². The van der Waals surface area contributed by atoms with Crippen LogP contribution in [0.25, 0.3) is 0 Å². The van der Waals surface area contributed by atoms with Crippen molar-refractivity contribution in [2.24, 2.45) is 0 Å². The first-order chi connectivity index (χ1) is 8.38. The summed E-state index contributed by atoms with van der Waals surface area (Å²) in [4.78, 5) is 0. The van der Waals surface area contributed by atoms with Gasteiger partial charge in [0.15, 0.2) is 0 Å². The van der Waals surface area contributed by atoms with Gasteiger partial charge in [-0.3, -0.25) is 0 Å². The first kappa shape index (κ1) is 15.6. The fraction of sp³-hybridized carbons (Fsp3) is 0.467. The van der Waals surface area contributed by atoms with Crippen LogP contribution in [0.3, 0.4) is 0 Å². The molecule has 0 saturated carbocycles. The first-order valence-electron chi connectivity index (χ1n) is 6.22. The second-order valence-electron chi connectivity index (χ2n) is 5.39. The van der Waals surface area contributed by atoms with E-state index in [0.717, 1.165) is 19.4 Å². The maximum absolute atomic E-state index is 5.96. The van der Waals surface area contributed by atoms with Crippen molar-refractivity contribution in [3.05, 3.63) is 46.0 Å². The summed E-state index contributed by atoms with van der Waals surface area (Å²) in [6, 6.07) is 5.77. The van der Waals surface area contributed by atoms with Gasteiger partial charge < -0.3 is 5.32 Å². The number of rotatable bonds is 5. The minimum absolute atomic E-state index is 0.192. The molecular weight excluding hydrogens is 265 g/mol. The highest BCUT2D eigenvalue weighted by Crippen LogP contribution is 2.22. The Kier molecular flexibility index (Phi) is 6.20. The van der Waals surface area contributed by atoms with Crippen LogP contribution in [0, 0.1) is 0 Å². The van der Waals surface area contributed by atoms with Gasteiger partial charge in [-0.2, -0.15) is 0 Å². The topological polar surface area (TPSA) is 12.0 Å². The van der Waals surface area contributed by atoms with Crippen molar-refractivity contribution in [1.82, 2.24) is 5.32 Å². The quantitative estimate of drug-likeness (QED) is 0.601. The summed E-state index contributed by atoms with van der Waals surface area (Å²) >= 11 is 11.8. The summed E-state index contributed by atoms with van der Waals surface area (Å²) in [6.07, 6.45) is 6.30. The highest BCUT2D eigenvalue weighted by atomic mass is 35.5. The average Bonchev–Trinajstić information content (AvgIpc) is 2.26. The molecule has 0 aliphatic carbocycles. The Hall–Kier alpha value is -0.500. The van der Waals surface area contributed by atoms with E-state index in [4.69, 9.17) is 23.2 Å². The van der Waals surface area contributed by atoms with Gasteiger partial charge in [-0.05, 0) is 57.9 Å². The van der Waals surface area contributed by atoms with Gasteiger partial charge in [0.25, 0.3) is 0 Å². The smallest absolute Gasteiger partial charge is 0.0595 e. The lowest BCUT2D eigenvalue weighted by molar-refractivity contribution is 0.431. The van der Waals surface area contributed by atoms with E-state index >= 15 is 0 Å². The summed E-state index contributed by atoms with van der Waals surface area (Å²) in [5.74, 6) is 0. The Morgan fingerprint density at radius 1 is 1.11 bits per heavy atom. The number of benzene rings is 1. The molecular formula is C15H21Cl2N. The van der Waals surface area contributed by atoms with E-state index < -0.39 is 0 Å². The van der Waals surface area contributed by atoms with Crippen LogP contribution >= 0.6 is 23.2 Å². The van der Waals surface area contributed by atoms with Gasteiger partial charge in [-0.25, -0.2) is 0 Å². The second-order valence-corrected chi connectivity index (χ2v) is 6.20. The van der Waals surface area contributed by atoms with Crippen LogP contribution in [0.4, 0.5) is 0 Å². The zero-order valence-electron chi connectivity index (χ0n) is 11.3. The van der Waals surface area contributed by atoms with E-state index in [9.17, 15) is 0 Å². The summed E-state index contributed by atoms with van der Waals surface area (Å²) in [5, 5.41) is 4.68. The lowest BCUT2D eigenvalue weighted by Crippen LogP contribution is -2.36. The van der Waals surface area contributed by atoms with Crippen LogP contribution in [0.1, 0.15) is 32.8 Å². The largest absolute Gasteiger partial charge is 0.312 e. The van der Waals surface area contributed by atoms with Gasteiger partial charge in [0.1, 0.15) is 0 Å². The lowest BCUT2D eigenvalue weighted by Gasteiger charge is -2.19. The molecule has 0 aromatic heterocycles. The minimum Gasteiger partial charge on any atom is -0.312 e. The van der Waals surface area contributed by atoms with Crippen molar-refractivity contribution in [2.45, 2.75) is 39.2 Å². The molecule has 0 heterocycles. The maximum Gasteiger partial charge on any atom is 0.0595 e. The zero-order valence-corrected chi connectivity index (χ0v) is 12.8. The number of allylic oxidation sites excluding steroid dienone is 1. The predicted molar refractivity (Wildman–Crippen MR) is 81.7 cm³/mol. The molecule has 0 atom stereocenters. The van der Waals surface area contributed by atoms with E-state index in [1.54, 1.807) is 0 Å². The standard InChI is InChI=1S/C15H21Cl2N/c1-15(2,3)18-10-6-4-5-7-12-8-9-13(16)14(17)11-12/h4-5,8-9,11,18H,6-7,10H2,1-3H3. The predicted octanol–water partition coefficient (Wildman–Crippen LogP) is 4.87. The molecule has 18 heavy (non-hydrogen) atoms. The molecule has 1 aromatic rings. The van der Waals surface area contributed by atoms with Gasteiger partial charge in [-0.15, -0.1) is 0 Å². The second kappa shape index (κ2) is 7.18. The fourth-order valence-electron chi connectivity index (χ4n) is 1.53. The van der Waals surface area contributed by atoms with E-state index in [0.29, 0.717) is 10.0 Å². The molecule has 1 aromatic carbocycles. The van der Waals surface area contributed by atoms with Crippen LogP contribution in [0.15, 0.2) is 30.4 Å². The van der Waals surface area contributed by atoms with Crippen molar-refractivity contribution >= 4 is 23.2 Å². The highest BCUT2D eigenvalue weighted by Gasteiger charge is 2.06. The fourth-order valence-corrected chi connectivity index (χ4v) is 1.86. The molecule has 0 bridgehead atoms. The van der Waals surface area contributed by atoms with E-state index in [1.165, 1.54) is 5.56 Å². The summed E-state index contributed by atoms with van der Waals surface area (Å²) < 4.78 is 0. The van der Waals surface area contributed by atoms with Crippen molar-refractivity contribution in [2.75, 3.05) is 6.54 Å². The SMILES string of the molecule is CC(C)(C)NCCC=CCc1ccc(Cl)c(Cl)c1. The van der Waals surface area contributed by atoms with Gasteiger partial charge in [0, 0.05) is 5.54 Å². The number of hydrogen-bond donors (Lipinski definition) is 1. The van der Waals surface area contributed by atoms with Crippen LogP contribution in [-0.2, 0) is 6.42 Å². The molecule has 1 rings (SSSR count). The van der Waals surface area contributed by atoms with Gasteiger partial charge in [0.05, 0.1) is 10.0 Å². The van der Waals surface area contributed by atoms with Crippen molar-refractivity contribution in [3.8, 4) is 0 Å². The third-order valence-corrected chi connectivity index (χ3v) is 3.21. The Morgan fingerprint density at radius 2 is 1.83 bits per heavy atom. The zero-order chi connectivity index (χ0) is 13.6. The van der Waals surface area contributed by atoms with Crippen molar-refractivity contribution in [3.63, 3.8) is 0 Å². The molecule has 1 nitrogen and oxygen atoms in total. The maximum atomic E-state index is 5.96. The Morgan fingerprint density at radius 3 is 2.44 bits per heavy atom. The number of halogens is 2. The number of hydrogen-bond acceptors (Lipinski definition) is 1. The van der Waals surface area contributed by atoms with Crippen LogP contribution in [0.5, 0.6) is 0 Å². The highest BCUT2D eigenvalue weighted by molar-refractivity contribution is 6.42. The van der Waals surface area contributed by atoms with E-state index in [2.05, 4.69) is 38.2 Å². The molecule has 3 heteroatoms. The summed E-state index contributed by atoms with van der Waals surface area (Å²) in [6.45, 7) is 7.52. The number of nitrogens with one attached hydrogen (secondary N) is 1. The first-order valence-corrected chi connectivity index (χ1v) is 6.98. The molecule has 0 amide bonds. The Balaban J connectivity index is 2.30. The van der Waals surface area contributed by atoms with Crippen molar-refractivity contribution < 1.29 is 0 Å². The van der Waals surface area contributed by atoms with Gasteiger partial charge >= 0.3 is 0 Å². The molecule has 0 aliphatic heterocycles. The minimum atomic E-state index is 0.192. The summed E-state index contributed by atoms with van der Waals surface area (Å²) in [5.41, 5.74) is 1.38. The molecule has 0 radical (unpaired) electrons. The Labute approximate surface area is 120 Å². The van der Waals surface area contributed by atoms with Crippen LogP contribution in [-0.4, -0.2) is 12.1 Å². The average molecular weight is 286 g/mol. The molecule has 0 saturated heterocycles.